The zero-order valence-electron chi connectivity index (χ0n) is 10.7. The maximum Gasteiger partial charge on any atom is 0.230 e. The van der Waals surface area contributed by atoms with Gasteiger partial charge in [-0.3, -0.25) is 9.59 Å². The van der Waals surface area contributed by atoms with Crippen LogP contribution in [0, 0.1) is 11.3 Å². The lowest BCUT2D eigenvalue weighted by Crippen LogP contribution is -2.33. The number of carbonyl (C=O) groups is 2. The van der Waals surface area contributed by atoms with Crippen LogP contribution in [0.1, 0.15) is 25.7 Å². The molecule has 0 aromatic heterocycles. The Morgan fingerprint density at radius 3 is 2.84 bits per heavy atom. The fourth-order valence-electron chi connectivity index (χ4n) is 3.19. The number of benzene rings is 1. The highest BCUT2D eigenvalue weighted by atomic mass is 16.2. The summed E-state index contributed by atoms with van der Waals surface area (Å²) in [6, 6.07) is 7.57. The van der Waals surface area contributed by atoms with Crippen molar-refractivity contribution in [3.63, 3.8) is 0 Å². The second-order valence-electron chi connectivity index (χ2n) is 5.92. The lowest BCUT2D eigenvalue weighted by Gasteiger charge is -2.22. The number of para-hydroxylation sites is 2. The highest BCUT2D eigenvalue weighted by Gasteiger charge is 2.66. The third-order valence-corrected chi connectivity index (χ3v) is 4.68. The maximum absolute atomic E-state index is 12.6. The van der Waals surface area contributed by atoms with E-state index in [1.807, 2.05) is 29.2 Å². The van der Waals surface area contributed by atoms with E-state index in [-0.39, 0.29) is 17.7 Å². The summed E-state index contributed by atoms with van der Waals surface area (Å²) >= 11 is 0. The Morgan fingerprint density at radius 2 is 2.11 bits per heavy atom. The van der Waals surface area contributed by atoms with Gasteiger partial charge in [0.15, 0.2) is 0 Å². The molecule has 1 N–H and O–H groups in total. The smallest absolute Gasteiger partial charge is 0.230 e. The van der Waals surface area contributed by atoms with Gasteiger partial charge in [0.25, 0.3) is 0 Å². The minimum atomic E-state index is -0.0142. The van der Waals surface area contributed by atoms with Crippen molar-refractivity contribution in [2.45, 2.75) is 25.7 Å². The molecule has 1 atom stereocenters. The second kappa shape index (κ2) is 3.59. The van der Waals surface area contributed by atoms with E-state index in [9.17, 15) is 9.59 Å². The Balaban J connectivity index is 1.67. The van der Waals surface area contributed by atoms with Crippen molar-refractivity contribution in [2.75, 3.05) is 16.8 Å². The van der Waals surface area contributed by atoms with Crippen LogP contribution in [-0.4, -0.2) is 18.4 Å². The molecule has 1 unspecified atom stereocenters. The topological polar surface area (TPSA) is 49.4 Å². The molecule has 2 saturated carbocycles. The van der Waals surface area contributed by atoms with Crippen LogP contribution >= 0.6 is 0 Å². The van der Waals surface area contributed by atoms with Gasteiger partial charge in [-0.15, -0.1) is 0 Å². The van der Waals surface area contributed by atoms with Gasteiger partial charge in [0.05, 0.1) is 11.4 Å². The van der Waals surface area contributed by atoms with Gasteiger partial charge in [-0.1, -0.05) is 12.1 Å². The van der Waals surface area contributed by atoms with Crippen molar-refractivity contribution in [1.82, 2.24) is 0 Å². The first kappa shape index (κ1) is 11.0. The molecule has 1 aromatic rings. The van der Waals surface area contributed by atoms with Gasteiger partial charge >= 0.3 is 0 Å². The van der Waals surface area contributed by atoms with Gasteiger partial charge in [-0.05, 0) is 36.8 Å². The van der Waals surface area contributed by atoms with Crippen LogP contribution in [0.25, 0.3) is 0 Å². The van der Waals surface area contributed by atoms with Crippen molar-refractivity contribution >= 4 is 23.2 Å². The van der Waals surface area contributed by atoms with E-state index in [1.165, 1.54) is 12.8 Å². The molecule has 2 aliphatic carbocycles. The molecule has 1 spiro atoms. The van der Waals surface area contributed by atoms with E-state index < -0.39 is 0 Å². The zero-order chi connectivity index (χ0) is 13.0. The van der Waals surface area contributed by atoms with Crippen LogP contribution in [0.4, 0.5) is 11.4 Å². The maximum atomic E-state index is 12.6. The highest BCUT2D eigenvalue weighted by molar-refractivity contribution is 6.05. The number of hydrogen-bond acceptors (Lipinski definition) is 2. The first-order chi connectivity index (χ1) is 9.20. The number of nitrogens with zero attached hydrogens (tertiary/aromatic N) is 1. The summed E-state index contributed by atoms with van der Waals surface area (Å²) in [5, 5.41) is 2.87. The quantitative estimate of drug-likeness (QED) is 0.837. The van der Waals surface area contributed by atoms with Gasteiger partial charge in [0.2, 0.25) is 11.8 Å². The van der Waals surface area contributed by atoms with Gasteiger partial charge in [-0.2, -0.15) is 0 Å². The number of nitrogens with one attached hydrogen (secondary N) is 1. The van der Waals surface area contributed by atoms with Crippen molar-refractivity contribution in [3.8, 4) is 0 Å². The van der Waals surface area contributed by atoms with E-state index >= 15 is 0 Å². The summed E-state index contributed by atoms with van der Waals surface area (Å²) in [4.78, 5) is 26.1. The van der Waals surface area contributed by atoms with Crippen LogP contribution in [0.2, 0.25) is 0 Å². The Labute approximate surface area is 111 Å². The van der Waals surface area contributed by atoms with Crippen molar-refractivity contribution in [3.05, 3.63) is 24.3 Å². The Morgan fingerprint density at radius 1 is 1.32 bits per heavy atom. The minimum absolute atomic E-state index is 0.0142. The summed E-state index contributed by atoms with van der Waals surface area (Å²) in [7, 11) is 0. The molecule has 2 amide bonds. The number of anilines is 2. The van der Waals surface area contributed by atoms with Crippen LogP contribution < -0.4 is 10.2 Å². The molecule has 1 aromatic carbocycles. The number of amides is 2. The molecular formula is C15H16N2O2. The fourth-order valence-corrected chi connectivity index (χ4v) is 3.19. The Kier molecular flexibility index (Phi) is 2.08. The van der Waals surface area contributed by atoms with E-state index in [2.05, 4.69) is 5.32 Å². The first-order valence-corrected chi connectivity index (χ1v) is 6.90. The van der Waals surface area contributed by atoms with Crippen molar-refractivity contribution in [1.29, 1.82) is 0 Å². The molecule has 98 valence electrons. The lowest BCUT2D eigenvalue weighted by atomic mass is 10.2. The summed E-state index contributed by atoms with van der Waals surface area (Å²) < 4.78 is 0. The molecule has 0 radical (unpaired) electrons. The normalized spacial score (nSPS) is 26.4. The van der Waals surface area contributed by atoms with E-state index in [4.69, 9.17) is 0 Å². The van der Waals surface area contributed by atoms with Crippen molar-refractivity contribution < 1.29 is 9.59 Å². The standard InChI is InChI=1S/C15H16N2O2/c18-13-5-8-17(12-4-2-1-3-11(12)16-13)14(19)10-9-15(10)6-7-15/h1-4,10H,5-9H2,(H,16,18). The highest BCUT2D eigenvalue weighted by Crippen LogP contribution is 2.71. The molecule has 19 heavy (non-hydrogen) atoms. The molecule has 2 fully saturated rings. The van der Waals surface area contributed by atoms with E-state index in [1.54, 1.807) is 0 Å². The molecule has 4 rings (SSSR count). The Hall–Kier alpha value is -1.84. The van der Waals surface area contributed by atoms with Gasteiger partial charge in [0, 0.05) is 18.9 Å². The van der Waals surface area contributed by atoms with Crippen molar-refractivity contribution in [2.24, 2.45) is 11.3 Å². The molecule has 4 nitrogen and oxygen atoms in total. The third-order valence-electron chi connectivity index (χ3n) is 4.68. The molecule has 1 aliphatic heterocycles. The number of carbonyl (C=O) groups excluding carboxylic acids is 2. The number of rotatable bonds is 1. The summed E-state index contributed by atoms with van der Waals surface area (Å²) in [6.45, 7) is 0.494. The molecule has 4 heteroatoms. The van der Waals surface area contributed by atoms with E-state index in [0.717, 1.165) is 17.8 Å². The average Bonchev–Trinajstić information content (AvgIpc) is 3.31. The van der Waals surface area contributed by atoms with Gasteiger partial charge in [0.1, 0.15) is 0 Å². The van der Waals surface area contributed by atoms with E-state index in [0.29, 0.717) is 18.4 Å². The molecule has 3 aliphatic rings. The van der Waals surface area contributed by atoms with Crippen LogP contribution in [-0.2, 0) is 9.59 Å². The summed E-state index contributed by atoms with van der Waals surface area (Å²) in [5.74, 6) is 0.398. The third kappa shape index (κ3) is 1.66. The largest absolute Gasteiger partial charge is 0.324 e. The zero-order valence-corrected chi connectivity index (χ0v) is 10.7. The summed E-state index contributed by atoms with van der Waals surface area (Å²) in [6.07, 6.45) is 3.83. The second-order valence-corrected chi connectivity index (χ2v) is 5.92. The lowest BCUT2D eigenvalue weighted by molar-refractivity contribution is -0.120. The Bertz CT molecular complexity index is 577. The minimum Gasteiger partial charge on any atom is -0.324 e. The van der Waals surface area contributed by atoms with Crippen LogP contribution in [0.3, 0.4) is 0 Å². The van der Waals surface area contributed by atoms with Gasteiger partial charge < -0.3 is 10.2 Å². The average molecular weight is 256 g/mol. The fraction of sp³-hybridized carbons (Fsp3) is 0.467. The van der Waals surface area contributed by atoms with Crippen LogP contribution in [0.15, 0.2) is 24.3 Å². The number of fused-ring (bicyclic) bond motifs is 1. The predicted molar refractivity (Wildman–Crippen MR) is 71.8 cm³/mol. The summed E-state index contributed by atoms with van der Waals surface area (Å²) in [5.41, 5.74) is 1.96. The molecule has 0 saturated heterocycles. The first-order valence-electron chi connectivity index (χ1n) is 6.90. The molecule has 0 bridgehead atoms. The predicted octanol–water partition coefficient (Wildman–Crippen LogP) is 2.16. The molecule has 1 heterocycles. The monoisotopic (exact) mass is 256 g/mol. The number of hydrogen-bond donors (Lipinski definition) is 1. The molecular weight excluding hydrogens is 240 g/mol. The SMILES string of the molecule is O=C1CCN(C(=O)C2CC23CC3)c2ccccc2N1. The van der Waals surface area contributed by atoms with Gasteiger partial charge in [-0.25, -0.2) is 0 Å². The van der Waals surface area contributed by atoms with Crippen LogP contribution in [0.5, 0.6) is 0 Å².